The molecule has 0 aliphatic carbocycles. The Morgan fingerprint density at radius 1 is 1.14 bits per heavy atom. The van der Waals surface area contributed by atoms with Crippen LogP contribution in [0.4, 0.5) is 5.69 Å². The number of hydrogen-bond donors (Lipinski definition) is 0. The van der Waals surface area contributed by atoms with Crippen molar-refractivity contribution in [3.8, 4) is 0 Å². The molecule has 110 valence electrons. The van der Waals surface area contributed by atoms with E-state index in [4.69, 9.17) is 0 Å². The molecule has 2 aromatic heterocycles. The molecule has 0 unspecified atom stereocenters. The highest BCUT2D eigenvalue weighted by Gasteiger charge is 2.13. The van der Waals surface area contributed by atoms with Gasteiger partial charge in [-0.05, 0) is 24.3 Å². The molecule has 3 rings (SSSR count). The molecule has 3 aromatic rings. The lowest BCUT2D eigenvalue weighted by atomic mass is 10.3. The Balaban J connectivity index is 1.89. The van der Waals surface area contributed by atoms with Crippen LogP contribution in [-0.2, 0) is 11.3 Å². The second kappa shape index (κ2) is 5.77. The summed E-state index contributed by atoms with van der Waals surface area (Å²) in [6, 6.07) is 12.6. The summed E-state index contributed by atoms with van der Waals surface area (Å²) in [4.78, 5) is 34.3. The first kappa shape index (κ1) is 13.9. The van der Waals surface area contributed by atoms with Crippen molar-refractivity contribution in [1.29, 1.82) is 0 Å². The van der Waals surface area contributed by atoms with Gasteiger partial charge in [0.1, 0.15) is 12.9 Å². The second-order valence-electron chi connectivity index (χ2n) is 4.84. The van der Waals surface area contributed by atoms with Gasteiger partial charge in [0.15, 0.2) is 5.65 Å². The summed E-state index contributed by atoms with van der Waals surface area (Å²) in [5.74, 6) is -0.196. The van der Waals surface area contributed by atoms with Crippen LogP contribution in [0.2, 0.25) is 0 Å². The quantitative estimate of drug-likeness (QED) is 0.733. The number of rotatable bonds is 3. The van der Waals surface area contributed by atoms with Gasteiger partial charge in [0.05, 0.1) is 5.39 Å². The minimum Gasteiger partial charge on any atom is -0.314 e. The van der Waals surface area contributed by atoms with Crippen molar-refractivity contribution < 1.29 is 4.79 Å². The number of pyridine rings is 1. The number of para-hydroxylation sites is 1. The van der Waals surface area contributed by atoms with Crippen LogP contribution in [0.15, 0.2) is 59.8 Å². The maximum absolute atomic E-state index is 12.3. The van der Waals surface area contributed by atoms with Crippen LogP contribution >= 0.6 is 0 Å². The van der Waals surface area contributed by atoms with E-state index in [0.717, 1.165) is 5.69 Å². The summed E-state index contributed by atoms with van der Waals surface area (Å²) < 4.78 is 1.30. The minimum atomic E-state index is -0.270. The van der Waals surface area contributed by atoms with E-state index in [1.54, 1.807) is 25.4 Å². The predicted molar refractivity (Wildman–Crippen MR) is 83.7 cm³/mol. The van der Waals surface area contributed by atoms with Gasteiger partial charge in [0.25, 0.3) is 5.56 Å². The monoisotopic (exact) mass is 294 g/mol. The summed E-state index contributed by atoms with van der Waals surface area (Å²) in [7, 11) is 1.68. The summed E-state index contributed by atoms with van der Waals surface area (Å²) in [5, 5.41) is 0.403. The Hall–Kier alpha value is -3.02. The highest BCUT2D eigenvalue weighted by atomic mass is 16.2. The molecule has 6 nitrogen and oxygen atoms in total. The summed E-state index contributed by atoms with van der Waals surface area (Å²) in [5.41, 5.74) is 0.886. The number of carbonyl (C=O) groups is 1. The highest BCUT2D eigenvalue weighted by molar-refractivity contribution is 5.92. The summed E-state index contributed by atoms with van der Waals surface area (Å²) in [6.07, 6.45) is 2.93. The van der Waals surface area contributed by atoms with Crippen LogP contribution in [0.3, 0.4) is 0 Å². The zero-order valence-electron chi connectivity index (χ0n) is 12.0. The zero-order valence-corrected chi connectivity index (χ0v) is 12.0. The van der Waals surface area contributed by atoms with Crippen molar-refractivity contribution in [3.05, 3.63) is 65.3 Å². The van der Waals surface area contributed by atoms with Gasteiger partial charge in [-0.25, -0.2) is 9.97 Å². The van der Waals surface area contributed by atoms with Crippen molar-refractivity contribution in [2.24, 2.45) is 0 Å². The van der Waals surface area contributed by atoms with Crippen LogP contribution < -0.4 is 10.5 Å². The number of hydrogen-bond acceptors (Lipinski definition) is 4. The molecule has 2 heterocycles. The van der Waals surface area contributed by atoms with Crippen LogP contribution in [0, 0.1) is 0 Å². The van der Waals surface area contributed by atoms with Crippen LogP contribution in [0.1, 0.15) is 0 Å². The van der Waals surface area contributed by atoms with E-state index in [2.05, 4.69) is 9.97 Å². The molecule has 22 heavy (non-hydrogen) atoms. The van der Waals surface area contributed by atoms with Crippen LogP contribution in [0.25, 0.3) is 11.0 Å². The molecule has 0 aliphatic heterocycles. The van der Waals surface area contributed by atoms with Gasteiger partial charge >= 0.3 is 0 Å². The smallest absolute Gasteiger partial charge is 0.263 e. The lowest BCUT2D eigenvalue weighted by molar-refractivity contribution is -0.118. The van der Waals surface area contributed by atoms with Crippen molar-refractivity contribution >= 4 is 22.6 Å². The Morgan fingerprint density at radius 3 is 2.68 bits per heavy atom. The fourth-order valence-corrected chi connectivity index (χ4v) is 2.16. The van der Waals surface area contributed by atoms with Crippen LogP contribution in [0.5, 0.6) is 0 Å². The fraction of sp³-hybridized carbons (Fsp3) is 0.125. The Kier molecular flexibility index (Phi) is 3.65. The van der Waals surface area contributed by atoms with Crippen molar-refractivity contribution in [2.45, 2.75) is 6.54 Å². The minimum absolute atomic E-state index is 0.0674. The number of aromatic nitrogens is 3. The molecule has 0 N–H and O–H groups in total. The van der Waals surface area contributed by atoms with Gasteiger partial charge in [0.2, 0.25) is 5.91 Å². The van der Waals surface area contributed by atoms with E-state index in [1.807, 2.05) is 30.3 Å². The Labute approximate surface area is 126 Å². The molecule has 6 heteroatoms. The molecule has 0 saturated carbocycles. The van der Waals surface area contributed by atoms with Gasteiger partial charge < -0.3 is 4.90 Å². The first-order valence-electron chi connectivity index (χ1n) is 6.78. The van der Waals surface area contributed by atoms with Crippen molar-refractivity contribution in [1.82, 2.24) is 14.5 Å². The van der Waals surface area contributed by atoms with Gasteiger partial charge in [-0.3, -0.25) is 14.2 Å². The number of anilines is 1. The van der Waals surface area contributed by atoms with Gasteiger partial charge in [-0.1, -0.05) is 18.2 Å². The number of carbonyl (C=O) groups excluding carboxylic acids is 1. The molecule has 0 aliphatic rings. The average molecular weight is 294 g/mol. The van der Waals surface area contributed by atoms with Gasteiger partial charge in [-0.2, -0.15) is 0 Å². The van der Waals surface area contributed by atoms with Gasteiger partial charge in [-0.15, -0.1) is 0 Å². The number of benzene rings is 1. The van der Waals surface area contributed by atoms with Gasteiger partial charge in [0, 0.05) is 18.9 Å². The third-order valence-electron chi connectivity index (χ3n) is 3.42. The SMILES string of the molecule is CN(C(=O)Cn1cnc2ncccc2c1=O)c1ccccc1. The Bertz CT molecular complexity index is 874. The molecule has 0 fully saturated rings. The second-order valence-corrected chi connectivity index (χ2v) is 4.84. The average Bonchev–Trinajstić information content (AvgIpc) is 2.57. The molecule has 0 radical (unpaired) electrons. The topological polar surface area (TPSA) is 68.1 Å². The number of fused-ring (bicyclic) bond motifs is 1. The molecule has 0 atom stereocenters. The molecule has 0 saturated heterocycles. The van der Waals surface area contributed by atoms with Crippen molar-refractivity contribution in [2.75, 3.05) is 11.9 Å². The standard InChI is InChI=1S/C16H14N4O2/c1-19(12-6-3-2-4-7-12)14(21)10-20-11-18-15-13(16(20)22)8-5-9-17-15/h2-9,11H,10H2,1H3. The molecular weight excluding hydrogens is 280 g/mol. The molecular formula is C16H14N4O2. The zero-order chi connectivity index (χ0) is 15.5. The lowest BCUT2D eigenvalue weighted by Gasteiger charge is -2.17. The fourth-order valence-electron chi connectivity index (χ4n) is 2.16. The van der Waals surface area contributed by atoms with Crippen molar-refractivity contribution in [3.63, 3.8) is 0 Å². The maximum Gasteiger partial charge on any atom is 0.263 e. The van der Waals surface area contributed by atoms with E-state index in [9.17, 15) is 9.59 Å². The number of amides is 1. The lowest BCUT2D eigenvalue weighted by Crippen LogP contribution is -2.34. The number of likely N-dealkylation sites (N-methyl/N-ethyl adjacent to an activating group) is 1. The third-order valence-corrected chi connectivity index (χ3v) is 3.42. The first-order chi connectivity index (χ1) is 10.7. The predicted octanol–water partition coefficient (Wildman–Crippen LogP) is 1.45. The summed E-state index contributed by atoms with van der Waals surface area (Å²) >= 11 is 0. The molecule has 1 amide bonds. The third kappa shape index (κ3) is 2.58. The van der Waals surface area contributed by atoms with E-state index >= 15 is 0 Å². The van der Waals surface area contributed by atoms with E-state index in [0.29, 0.717) is 11.0 Å². The highest BCUT2D eigenvalue weighted by Crippen LogP contribution is 2.11. The van der Waals surface area contributed by atoms with Crippen LogP contribution in [-0.4, -0.2) is 27.5 Å². The molecule has 0 spiro atoms. The Morgan fingerprint density at radius 2 is 1.91 bits per heavy atom. The van der Waals surface area contributed by atoms with E-state index in [-0.39, 0.29) is 18.0 Å². The normalized spacial score (nSPS) is 10.6. The van der Waals surface area contributed by atoms with E-state index < -0.39 is 0 Å². The molecule has 1 aromatic carbocycles. The maximum atomic E-state index is 12.3. The first-order valence-corrected chi connectivity index (χ1v) is 6.78. The summed E-state index contributed by atoms with van der Waals surface area (Å²) in [6.45, 7) is -0.0674. The number of nitrogens with zero attached hydrogens (tertiary/aromatic N) is 4. The van der Waals surface area contributed by atoms with E-state index in [1.165, 1.54) is 15.8 Å². The molecule has 0 bridgehead atoms. The largest absolute Gasteiger partial charge is 0.314 e.